The van der Waals surface area contributed by atoms with E-state index in [9.17, 15) is 9.46 Å². The minimum Gasteiger partial charge on any atom is -0.776 e. The smallest absolute Gasteiger partial charge is 0.168 e. The molecule has 0 spiro atoms. The lowest BCUT2D eigenvalue weighted by Crippen LogP contribution is -2.22. The van der Waals surface area contributed by atoms with Gasteiger partial charge >= 0.3 is 0 Å². The number of nitrogens with zero attached hydrogens (tertiary/aromatic N) is 1. The molecule has 0 aliphatic carbocycles. The molecule has 0 aliphatic heterocycles. The predicted octanol–water partition coefficient (Wildman–Crippen LogP) is 1.04. The second-order valence-corrected chi connectivity index (χ2v) is 4.34. The summed E-state index contributed by atoms with van der Waals surface area (Å²) in [4.78, 5) is 10.5. The summed E-state index contributed by atoms with van der Waals surface area (Å²) in [6.45, 7) is 0.663. The Balaban J connectivity index is 3.96. The van der Waals surface area contributed by atoms with Crippen LogP contribution in [0.5, 0.6) is 0 Å². The van der Waals surface area contributed by atoms with Crippen LogP contribution in [0, 0.1) is 0 Å². The Labute approximate surface area is 59.9 Å². The fourth-order valence-electron chi connectivity index (χ4n) is 0.561. The fraction of sp³-hybridized carbons (Fsp3) is 1.00. The maximum atomic E-state index is 10.5. The topological polar surface area (TPSA) is 43.4 Å². The zero-order valence-corrected chi connectivity index (χ0v) is 7.15. The van der Waals surface area contributed by atoms with Gasteiger partial charge in [0.25, 0.3) is 0 Å². The summed E-state index contributed by atoms with van der Waals surface area (Å²) < 4.78 is 11.7. The second kappa shape index (κ2) is 3.57. The quantitative estimate of drug-likeness (QED) is 0.595. The molecule has 0 saturated heterocycles. The first-order chi connectivity index (χ1) is 4.02. The molecule has 0 aliphatic rings. The van der Waals surface area contributed by atoms with E-state index in [1.165, 1.54) is 4.67 Å². The average molecular weight is 171 g/mol. The number of hydrogen-bond acceptors (Lipinski definition) is 2. The van der Waals surface area contributed by atoms with Gasteiger partial charge in [0.15, 0.2) is 6.87 Å². The molecule has 9 heavy (non-hydrogen) atoms. The van der Waals surface area contributed by atoms with Crippen LogP contribution >= 0.6 is 18.1 Å². The Morgan fingerprint density at radius 1 is 1.56 bits per heavy atom. The molecule has 0 aromatic rings. The third-order valence-corrected chi connectivity index (χ3v) is 2.95. The molecule has 0 amide bonds. The van der Waals surface area contributed by atoms with Crippen LogP contribution < -0.4 is 4.89 Å². The lowest BCUT2D eigenvalue weighted by atomic mass is 10.7. The first-order valence-corrected chi connectivity index (χ1v) is 5.26. The van der Waals surface area contributed by atoms with Crippen molar-refractivity contribution >= 4 is 18.1 Å². The normalized spacial score (nSPS) is 17.9. The maximum absolute atomic E-state index is 10.5. The van der Waals surface area contributed by atoms with Gasteiger partial charge in [-0.15, -0.1) is 0 Å². The molecule has 0 saturated carbocycles. The van der Waals surface area contributed by atoms with Crippen molar-refractivity contribution in [2.24, 2.45) is 0 Å². The van der Waals surface area contributed by atoms with E-state index in [1.807, 2.05) is 0 Å². The highest BCUT2D eigenvalue weighted by Crippen LogP contribution is 2.44. The largest absolute Gasteiger partial charge is 0.776 e. The molecule has 0 aromatic heterocycles. The zero-order valence-electron chi connectivity index (χ0n) is 5.50. The monoisotopic (exact) mass is 170 g/mol. The molecular formula is C4H10ClNO2P-. The van der Waals surface area contributed by atoms with Crippen LogP contribution in [0.1, 0.15) is 13.8 Å². The van der Waals surface area contributed by atoms with Gasteiger partial charge in [-0.3, -0.25) is 4.67 Å². The minimum absolute atomic E-state index is 0.445. The molecule has 0 bridgehead atoms. The molecule has 0 heterocycles. The number of rotatable bonds is 3. The Hall–Kier alpha value is 0.440. The summed E-state index contributed by atoms with van der Waals surface area (Å²) in [7, 11) is 0. The zero-order chi connectivity index (χ0) is 7.49. The highest BCUT2D eigenvalue weighted by Gasteiger charge is 2.10. The van der Waals surface area contributed by atoms with Crippen molar-refractivity contribution in [3.8, 4) is 0 Å². The van der Waals surface area contributed by atoms with Gasteiger partial charge in [0.2, 0.25) is 0 Å². The summed E-state index contributed by atoms with van der Waals surface area (Å²) in [5.74, 6) is 0. The highest BCUT2D eigenvalue weighted by molar-refractivity contribution is 7.81. The van der Waals surface area contributed by atoms with Crippen molar-refractivity contribution in [3.63, 3.8) is 0 Å². The standard InChI is InChI=1S/C4H11ClNO2P/c1-3-6(4-2)9(5,7)8/h3-4H2,1-2H3,(H,7,8)/p-1. The Morgan fingerprint density at radius 2 is 1.89 bits per heavy atom. The Kier molecular flexibility index (Phi) is 3.74. The maximum Gasteiger partial charge on any atom is 0.168 e. The van der Waals surface area contributed by atoms with Crippen LogP contribution in [0.3, 0.4) is 0 Å². The van der Waals surface area contributed by atoms with E-state index in [0.717, 1.165) is 0 Å². The van der Waals surface area contributed by atoms with Crippen molar-refractivity contribution in [2.45, 2.75) is 13.8 Å². The number of halogens is 1. The predicted molar refractivity (Wildman–Crippen MR) is 36.4 cm³/mol. The molecule has 56 valence electrons. The van der Waals surface area contributed by atoms with Crippen LogP contribution in [0.2, 0.25) is 0 Å². The first-order valence-electron chi connectivity index (χ1n) is 2.78. The molecule has 1 unspecified atom stereocenters. The molecule has 0 N–H and O–H groups in total. The van der Waals surface area contributed by atoms with Crippen molar-refractivity contribution in [1.82, 2.24) is 4.67 Å². The summed E-state index contributed by atoms with van der Waals surface area (Å²) in [5.41, 5.74) is 0. The van der Waals surface area contributed by atoms with Crippen molar-refractivity contribution in [1.29, 1.82) is 0 Å². The van der Waals surface area contributed by atoms with E-state index < -0.39 is 6.87 Å². The molecule has 0 aromatic carbocycles. The number of hydrogen-bond donors (Lipinski definition) is 0. The molecule has 5 heteroatoms. The molecule has 1 atom stereocenters. The van der Waals surface area contributed by atoms with Gasteiger partial charge in [-0.25, -0.2) is 0 Å². The highest BCUT2D eigenvalue weighted by atomic mass is 35.7. The van der Waals surface area contributed by atoms with Gasteiger partial charge in [-0.05, 0) is 0 Å². The van der Waals surface area contributed by atoms with Crippen LogP contribution in [-0.2, 0) is 4.57 Å². The van der Waals surface area contributed by atoms with Gasteiger partial charge < -0.3 is 9.46 Å². The lowest BCUT2D eigenvalue weighted by molar-refractivity contribution is -0.180. The van der Waals surface area contributed by atoms with Gasteiger partial charge in [-0.1, -0.05) is 25.1 Å². The Morgan fingerprint density at radius 3 is 1.89 bits per heavy atom. The van der Waals surface area contributed by atoms with Crippen LogP contribution in [-0.4, -0.2) is 17.8 Å². The molecular weight excluding hydrogens is 160 g/mol. The van der Waals surface area contributed by atoms with E-state index >= 15 is 0 Å². The van der Waals surface area contributed by atoms with E-state index in [-0.39, 0.29) is 0 Å². The minimum atomic E-state index is -3.72. The summed E-state index contributed by atoms with van der Waals surface area (Å²) in [6.07, 6.45) is 0. The van der Waals surface area contributed by atoms with E-state index in [1.54, 1.807) is 13.8 Å². The van der Waals surface area contributed by atoms with Crippen LogP contribution in [0.15, 0.2) is 0 Å². The van der Waals surface area contributed by atoms with Crippen LogP contribution in [0.25, 0.3) is 0 Å². The fourth-order valence-corrected chi connectivity index (χ4v) is 1.88. The third kappa shape index (κ3) is 3.21. The second-order valence-electron chi connectivity index (χ2n) is 1.59. The van der Waals surface area contributed by atoms with E-state index in [0.29, 0.717) is 13.1 Å². The van der Waals surface area contributed by atoms with Crippen molar-refractivity contribution < 1.29 is 9.46 Å². The summed E-state index contributed by atoms with van der Waals surface area (Å²) >= 11 is 5.03. The lowest BCUT2D eigenvalue weighted by Gasteiger charge is -2.28. The van der Waals surface area contributed by atoms with Gasteiger partial charge in [-0.2, -0.15) is 0 Å². The third-order valence-electron chi connectivity index (χ3n) is 1.07. The van der Waals surface area contributed by atoms with E-state index in [4.69, 9.17) is 11.2 Å². The van der Waals surface area contributed by atoms with Crippen molar-refractivity contribution in [3.05, 3.63) is 0 Å². The molecule has 0 radical (unpaired) electrons. The molecule has 0 rings (SSSR count). The van der Waals surface area contributed by atoms with Gasteiger partial charge in [0.1, 0.15) is 0 Å². The van der Waals surface area contributed by atoms with Crippen LogP contribution in [0.4, 0.5) is 0 Å². The van der Waals surface area contributed by atoms with Crippen molar-refractivity contribution in [2.75, 3.05) is 13.1 Å². The first kappa shape index (κ1) is 9.44. The average Bonchev–Trinajstić information content (AvgIpc) is 1.65. The Bertz CT molecular complexity index is 120. The van der Waals surface area contributed by atoms with E-state index in [2.05, 4.69) is 0 Å². The molecule has 0 fully saturated rings. The SMILES string of the molecule is CCN(CC)P(=O)([O-])Cl. The van der Waals surface area contributed by atoms with Gasteiger partial charge in [0.05, 0.1) is 0 Å². The van der Waals surface area contributed by atoms with Gasteiger partial charge in [0, 0.05) is 13.1 Å². The molecule has 3 nitrogen and oxygen atoms in total. The summed E-state index contributed by atoms with van der Waals surface area (Å²) in [5, 5.41) is 0. The summed E-state index contributed by atoms with van der Waals surface area (Å²) in [6, 6.07) is 0.